The zero-order valence-corrected chi connectivity index (χ0v) is 10.8. The van der Waals surface area contributed by atoms with Crippen molar-refractivity contribution >= 4 is 23.1 Å². The van der Waals surface area contributed by atoms with E-state index in [0.29, 0.717) is 6.61 Å². The lowest BCUT2D eigenvalue weighted by Gasteiger charge is -2.13. The number of carbonyl (C=O) groups is 2. The number of nitrogens with one attached hydrogen (secondary N) is 1. The van der Waals surface area contributed by atoms with Gasteiger partial charge in [-0.25, -0.2) is 0 Å². The van der Waals surface area contributed by atoms with E-state index in [4.69, 9.17) is 9.47 Å². The number of hydrogen-bond donors (Lipinski definition) is 1. The van der Waals surface area contributed by atoms with Crippen molar-refractivity contribution in [2.24, 2.45) is 5.10 Å². The van der Waals surface area contributed by atoms with Gasteiger partial charge in [0.25, 0.3) is 11.7 Å². The second-order valence-corrected chi connectivity index (χ2v) is 3.72. The minimum absolute atomic E-state index is 0.0329. The van der Waals surface area contributed by atoms with Gasteiger partial charge in [0.15, 0.2) is 0 Å². The minimum Gasteiger partial charge on any atom is -0.465 e. The first kappa shape index (κ1) is 13.6. The molecular formula is C14H12N2O4. The normalized spacial score (nSPS) is 14.1. The van der Waals surface area contributed by atoms with Gasteiger partial charge in [-0.15, -0.1) is 5.10 Å². The first-order chi connectivity index (χ1) is 9.70. The van der Waals surface area contributed by atoms with Gasteiger partial charge in [-0.05, 0) is 19.1 Å². The molecule has 1 aromatic carbocycles. The maximum absolute atomic E-state index is 11.6. The van der Waals surface area contributed by atoms with Crippen LogP contribution in [0.4, 0.5) is 5.69 Å². The van der Waals surface area contributed by atoms with Gasteiger partial charge >= 0.3 is 0 Å². The summed E-state index contributed by atoms with van der Waals surface area (Å²) in [6.45, 7) is 2.06. The van der Waals surface area contributed by atoms with Gasteiger partial charge in [-0.3, -0.25) is 15.0 Å². The van der Waals surface area contributed by atoms with Crippen LogP contribution in [-0.4, -0.2) is 24.0 Å². The maximum Gasteiger partial charge on any atom is 0.289 e. The van der Waals surface area contributed by atoms with Crippen molar-refractivity contribution in [1.82, 2.24) is 0 Å². The van der Waals surface area contributed by atoms with Gasteiger partial charge in [-0.2, -0.15) is 0 Å². The van der Waals surface area contributed by atoms with Crippen LogP contribution in [0.25, 0.3) is 0 Å². The zero-order valence-electron chi connectivity index (χ0n) is 10.8. The van der Waals surface area contributed by atoms with Gasteiger partial charge in [0.2, 0.25) is 11.5 Å². The summed E-state index contributed by atoms with van der Waals surface area (Å²) in [4.78, 5) is 23.0. The van der Waals surface area contributed by atoms with E-state index in [9.17, 15) is 9.59 Å². The van der Waals surface area contributed by atoms with Crippen molar-refractivity contribution in [2.45, 2.75) is 6.92 Å². The molecular weight excluding hydrogens is 260 g/mol. The van der Waals surface area contributed by atoms with E-state index in [0.717, 1.165) is 11.8 Å². The Balaban J connectivity index is 2.14. The van der Waals surface area contributed by atoms with E-state index in [1.165, 1.54) is 0 Å². The Kier molecular flexibility index (Phi) is 4.32. The monoisotopic (exact) mass is 272 g/mol. The fraction of sp³-hybridized carbons (Fsp3) is 0.143. The third-order valence-corrected chi connectivity index (χ3v) is 2.28. The highest BCUT2D eigenvalue weighted by Crippen LogP contribution is 2.14. The van der Waals surface area contributed by atoms with Crippen molar-refractivity contribution in [3.8, 4) is 0 Å². The van der Waals surface area contributed by atoms with Crippen molar-refractivity contribution < 1.29 is 19.1 Å². The van der Waals surface area contributed by atoms with E-state index in [-0.39, 0.29) is 11.7 Å². The molecule has 1 heterocycles. The average molecular weight is 272 g/mol. The number of hydrazone groups is 1. The van der Waals surface area contributed by atoms with E-state index in [1.54, 1.807) is 19.1 Å². The number of ether oxygens (including phenoxy) is 2. The summed E-state index contributed by atoms with van der Waals surface area (Å²) in [6, 6.07) is 9.09. The summed E-state index contributed by atoms with van der Waals surface area (Å²) in [6.07, 6.45) is 1.00. The van der Waals surface area contributed by atoms with Crippen LogP contribution in [0.5, 0.6) is 0 Å². The number of nitrogens with zero attached hydrogens (tertiary/aromatic N) is 1. The number of allylic oxidation sites excluding steroid dienone is 2. The Hall–Kier alpha value is -2.85. The van der Waals surface area contributed by atoms with Crippen LogP contribution in [0.15, 0.2) is 53.2 Å². The van der Waals surface area contributed by atoms with Crippen molar-refractivity contribution in [3.63, 3.8) is 0 Å². The van der Waals surface area contributed by atoms with Gasteiger partial charge in [0.05, 0.1) is 24.2 Å². The summed E-state index contributed by atoms with van der Waals surface area (Å²) in [7, 11) is 0. The largest absolute Gasteiger partial charge is 0.465 e. The molecule has 1 aromatic rings. The van der Waals surface area contributed by atoms with Gasteiger partial charge in [0, 0.05) is 0 Å². The molecule has 0 saturated carbocycles. The van der Waals surface area contributed by atoms with Crippen LogP contribution in [0.2, 0.25) is 0 Å². The minimum atomic E-state index is -0.813. The quantitative estimate of drug-likeness (QED) is 0.390. The van der Waals surface area contributed by atoms with Crippen LogP contribution in [0, 0.1) is 0 Å². The summed E-state index contributed by atoms with van der Waals surface area (Å²) in [5.74, 6) is 0.484. The van der Waals surface area contributed by atoms with Crippen LogP contribution in [-0.2, 0) is 19.1 Å². The van der Waals surface area contributed by atoms with Gasteiger partial charge in [0.1, 0.15) is 0 Å². The number of anilines is 1. The number of ketones is 2. The molecule has 102 valence electrons. The fourth-order valence-corrected chi connectivity index (χ4v) is 1.40. The number of rotatable bonds is 4. The SMILES string of the molecule is CCOC1=CC(=O)C(=O)C(=C=NNc2ccccc2)O1. The van der Waals surface area contributed by atoms with Crippen molar-refractivity contribution in [1.29, 1.82) is 0 Å². The zero-order chi connectivity index (χ0) is 14.4. The average Bonchev–Trinajstić information content (AvgIpc) is 2.45. The van der Waals surface area contributed by atoms with Crippen LogP contribution < -0.4 is 5.43 Å². The van der Waals surface area contributed by atoms with Crippen molar-refractivity contribution in [3.05, 3.63) is 48.1 Å². The highest BCUT2D eigenvalue weighted by Gasteiger charge is 2.27. The summed E-state index contributed by atoms with van der Waals surface area (Å²) in [5, 5.41) is 3.73. The molecule has 1 N–H and O–H groups in total. The highest BCUT2D eigenvalue weighted by molar-refractivity contribution is 6.48. The molecule has 0 spiro atoms. The Morgan fingerprint density at radius 3 is 2.75 bits per heavy atom. The molecule has 0 unspecified atom stereocenters. The highest BCUT2D eigenvalue weighted by atomic mass is 16.7. The maximum atomic E-state index is 11.6. The number of Topliss-reactive ketones (excluding diaryl/α,β-unsaturated/α-hetero) is 1. The fourth-order valence-electron chi connectivity index (χ4n) is 1.40. The molecule has 0 amide bonds. The lowest BCUT2D eigenvalue weighted by Crippen LogP contribution is -2.23. The Bertz CT molecular complexity index is 613. The summed E-state index contributed by atoms with van der Waals surface area (Å²) in [5.41, 5.74) is 3.38. The molecule has 0 atom stereocenters. The molecule has 0 radical (unpaired) electrons. The molecule has 1 aliphatic heterocycles. The first-order valence-electron chi connectivity index (χ1n) is 5.95. The standard InChI is InChI=1S/C14H12N2O4/c1-2-19-13-8-11(17)14(18)12(20-13)9-15-16-10-6-4-3-5-7-10/h3-8,16H,2H2,1H3. The third-order valence-electron chi connectivity index (χ3n) is 2.28. The van der Waals surface area contributed by atoms with Crippen LogP contribution in [0.1, 0.15) is 6.92 Å². The summed E-state index contributed by atoms with van der Waals surface area (Å²) >= 11 is 0. The van der Waals surface area contributed by atoms with E-state index >= 15 is 0 Å². The Morgan fingerprint density at radius 2 is 2.05 bits per heavy atom. The molecule has 2 rings (SSSR count). The first-order valence-corrected chi connectivity index (χ1v) is 5.95. The lowest BCUT2D eigenvalue weighted by atomic mass is 10.2. The molecule has 0 fully saturated rings. The molecule has 0 aromatic heterocycles. The van der Waals surface area contributed by atoms with E-state index in [2.05, 4.69) is 16.4 Å². The van der Waals surface area contributed by atoms with Gasteiger partial charge < -0.3 is 9.47 Å². The van der Waals surface area contributed by atoms with E-state index < -0.39 is 11.6 Å². The number of carbonyl (C=O) groups excluding carboxylic acids is 2. The lowest BCUT2D eigenvalue weighted by molar-refractivity contribution is -0.135. The molecule has 0 aliphatic carbocycles. The number of hydrogen-bond acceptors (Lipinski definition) is 6. The molecule has 6 nitrogen and oxygen atoms in total. The molecule has 0 bridgehead atoms. The second-order valence-electron chi connectivity index (χ2n) is 3.72. The predicted molar refractivity (Wildman–Crippen MR) is 71.8 cm³/mol. The van der Waals surface area contributed by atoms with Gasteiger partial charge in [-0.1, -0.05) is 18.2 Å². The molecule has 20 heavy (non-hydrogen) atoms. The third kappa shape index (κ3) is 3.34. The smallest absolute Gasteiger partial charge is 0.289 e. The second kappa shape index (κ2) is 6.36. The topological polar surface area (TPSA) is 77.0 Å². The number of para-hydroxylation sites is 1. The Labute approximate surface area is 115 Å². The molecule has 0 saturated heterocycles. The molecule has 1 aliphatic rings. The van der Waals surface area contributed by atoms with E-state index in [1.807, 2.05) is 18.2 Å². The molecule has 6 heteroatoms. The van der Waals surface area contributed by atoms with Crippen molar-refractivity contribution in [2.75, 3.05) is 12.0 Å². The van der Waals surface area contributed by atoms with Crippen LogP contribution in [0.3, 0.4) is 0 Å². The predicted octanol–water partition coefficient (Wildman–Crippen LogP) is 1.61. The van der Waals surface area contributed by atoms with Crippen LogP contribution >= 0.6 is 0 Å². The summed E-state index contributed by atoms with van der Waals surface area (Å²) < 4.78 is 10.1. The Morgan fingerprint density at radius 1 is 1.30 bits per heavy atom. The number of benzene rings is 1.